The van der Waals surface area contributed by atoms with Crippen LogP contribution in [-0.2, 0) is 11.3 Å². The predicted molar refractivity (Wildman–Crippen MR) is 75.3 cm³/mol. The molecule has 0 bridgehead atoms. The minimum atomic E-state index is -4.34. The number of hydrogen-bond acceptors (Lipinski definition) is 3. The van der Waals surface area contributed by atoms with Crippen molar-refractivity contribution in [1.29, 1.82) is 0 Å². The molecule has 1 aliphatic rings. The number of nitrogens with one attached hydrogen (secondary N) is 1. The number of alkyl halides is 3. The third kappa shape index (κ3) is 5.49. The lowest BCUT2D eigenvalue weighted by Gasteiger charge is -2.11. The van der Waals surface area contributed by atoms with Crippen molar-refractivity contribution in [3.63, 3.8) is 0 Å². The zero-order valence-electron chi connectivity index (χ0n) is 11.3. The van der Waals surface area contributed by atoms with Crippen molar-refractivity contribution in [3.05, 3.63) is 29.8 Å². The third-order valence-corrected chi connectivity index (χ3v) is 4.39. The molecule has 1 saturated heterocycles. The zero-order chi connectivity index (χ0) is 15.3. The van der Waals surface area contributed by atoms with E-state index in [2.05, 4.69) is 10.1 Å². The molecule has 0 unspecified atom stereocenters. The predicted octanol–water partition coefficient (Wildman–Crippen LogP) is 3.14. The number of benzene rings is 1. The van der Waals surface area contributed by atoms with Crippen LogP contribution in [0.4, 0.5) is 13.2 Å². The summed E-state index contributed by atoms with van der Waals surface area (Å²) in [6.07, 6.45) is -2.37. The summed E-state index contributed by atoms with van der Waals surface area (Å²) in [5.41, 5.74) is 0.825. The summed E-state index contributed by atoms with van der Waals surface area (Å²) < 4.78 is 40.6. The maximum absolute atomic E-state index is 12.0. The van der Waals surface area contributed by atoms with Gasteiger partial charge in [-0.2, -0.15) is 13.2 Å². The van der Waals surface area contributed by atoms with Crippen molar-refractivity contribution in [2.75, 3.05) is 12.4 Å². The van der Waals surface area contributed by atoms with E-state index in [-0.39, 0.29) is 16.9 Å². The van der Waals surface area contributed by atoms with E-state index in [9.17, 15) is 18.0 Å². The maximum Gasteiger partial charge on any atom is 0.422 e. The van der Waals surface area contributed by atoms with E-state index in [0.717, 1.165) is 24.2 Å². The lowest BCUT2D eigenvalue weighted by molar-refractivity contribution is -0.153. The van der Waals surface area contributed by atoms with Gasteiger partial charge >= 0.3 is 6.18 Å². The highest BCUT2D eigenvalue weighted by Crippen LogP contribution is 2.26. The van der Waals surface area contributed by atoms with Gasteiger partial charge in [-0.25, -0.2) is 0 Å². The van der Waals surface area contributed by atoms with Gasteiger partial charge in [0.05, 0.1) is 5.25 Å². The van der Waals surface area contributed by atoms with Crippen LogP contribution in [0.1, 0.15) is 18.4 Å². The van der Waals surface area contributed by atoms with E-state index in [0.29, 0.717) is 6.54 Å². The number of hydrogen-bond donors (Lipinski definition) is 1. The molecule has 0 aliphatic carbocycles. The van der Waals surface area contributed by atoms with Gasteiger partial charge in [0, 0.05) is 6.54 Å². The van der Waals surface area contributed by atoms with Crippen LogP contribution in [0.15, 0.2) is 24.3 Å². The van der Waals surface area contributed by atoms with Gasteiger partial charge in [-0.15, -0.1) is 11.8 Å². The van der Waals surface area contributed by atoms with Crippen LogP contribution in [0, 0.1) is 0 Å². The van der Waals surface area contributed by atoms with E-state index < -0.39 is 12.8 Å². The van der Waals surface area contributed by atoms with E-state index in [1.807, 2.05) is 0 Å². The van der Waals surface area contributed by atoms with Gasteiger partial charge in [0.25, 0.3) is 0 Å². The molecule has 1 atom stereocenters. The molecule has 1 aliphatic heterocycles. The Bertz CT molecular complexity index is 470. The molecule has 7 heteroatoms. The maximum atomic E-state index is 12.0. The molecule has 1 fully saturated rings. The number of carbonyl (C=O) groups excluding carboxylic acids is 1. The minimum Gasteiger partial charge on any atom is -0.484 e. The van der Waals surface area contributed by atoms with Crippen molar-refractivity contribution in [1.82, 2.24) is 5.32 Å². The second-order valence-corrected chi connectivity index (χ2v) is 6.08. The Morgan fingerprint density at radius 3 is 2.62 bits per heavy atom. The summed E-state index contributed by atoms with van der Waals surface area (Å²) in [7, 11) is 0. The van der Waals surface area contributed by atoms with Crippen molar-refractivity contribution < 1.29 is 22.7 Å². The van der Waals surface area contributed by atoms with Crippen LogP contribution in [0.3, 0.4) is 0 Å². The number of thioether (sulfide) groups is 1. The highest BCUT2D eigenvalue weighted by molar-refractivity contribution is 8.00. The fourth-order valence-corrected chi connectivity index (χ4v) is 3.14. The SMILES string of the molecule is O=C(NCc1ccc(OCC(F)(F)F)cc1)[C@H]1CCCS1. The highest BCUT2D eigenvalue weighted by atomic mass is 32.2. The minimum absolute atomic E-state index is 0.0231. The quantitative estimate of drug-likeness (QED) is 0.906. The lowest BCUT2D eigenvalue weighted by atomic mass is 10.2. The second kappa shape index (κ2) is 7.06. The molecule has 0 aromatic heterocycles. The van der Waals surface area contributed by atoms with E-state index in [1.165, 1.54) is 12.1 Å². The molecule has 116 valence electrons. The summed E-state index contributed by atoms with van der Waals surface area (Å²) in [5, 5.41) is 2.86. The van der Waals surface area contributed by atoms with Crippen molar-refractivity contribution in [3.8, 4) is 5.75 Å². The van der Waals surface area contributed by atoms with Crippen molar-refractivity contribution >= 4 is 17.7 Å². The van der Waals surface area contributed by atoms with Crippen molar-refractivity contribution in [2.45, 2.75) is 30.8 Å². The topological polar surface area (TPSA) is 38.3 Å². The zero-order valence-corrected chi connectivity index (χ0v) is 12.1. The molecule has 0 radical (unpaired) electrons. The molecule has 1 aromatic carbocycles. The normalized spacial score (nSPS) is 18.5. The Kier molecular flexibility index (Phi) is 5.39. The molecular weight excluding hydrogens is 303 g/mol. The number of ether oxygens (including phenoxy) is 1. The lowest BCUT2D eigenvalue weighted by Crippen LogP contribution is -2.30. The average molecular weight is 319 g/mol. The first-order valence-electron chi connectivity index (χ1n) is 6.62. The van der Waals surface area contributed by atoms with Crippen LogP contribution >= 0.6 is 11.8 Å². The number of carbonyl (C=O) groups is 1. The first-order chi connectivity index (χ1) is 9.94. The summed E-state index contributed by atoms with van der Waals surface area (Å²) in [6.45, 7) is -0.933. The summed E-state index contributed by atoms with van der Waals surface area (Å²) in [5.74, 6) is 1.20. The fraction of sp³-hybridized carbons (Fsp3) is 0.500. The average Bonchev–Trinajstić information content (AvgIpc) is 2.97. The summed E-state index contributed by atoms with van der Waals surface area (Å²) in [4.78, 5) is 11.8. The Hall–Kier alpha value is -1.37. The van der Waals surface area contributed by atoms with Gasteiger partial charge in [0.1, 0.15) is 5.75 Å². The largest absolute Gasteiger partial charge is 0.484 e. The number of amides is 1. The molecule has 1 heterocycles. The Balaban J connectivity index is 1.78. The standard InChI is InChI=1S/C14H16F3NO2S/c15-14(16,17)9-20-11-5-3-10(4-6-11)8-18-13(19)12-2-1-7-21-12/h3-6,12H,1-2,7-9H2,(H,18,19)/t12-/m1/s1. The van der Waals surface area contributed by atoms with Gasteiger partial charge in [-0.05, 0) is 36.3 Å². The first-order valence-corrected chi connectivity index (χ1v) is 7.67. The smallest absolute Gasteiger partial charge is 0.422 e. The van der Waals surface area contributed by atoms with Crippen molar-refractivity contribution in [2.24, 2.45) is 0 Å². The molecule has 1 amide bonds. The third-order valence-electron chi connectivity index (χ3n) is 3.01. The fourth-order valence-electron chi connectivity index (χ4n) is 1.96. The molecule has 21 heavy (non-hydrogen) atoms. The van der Waals surface area contributed by atoms with Gasteiger partial charge in [0.2, 0.25) is 5.91 Å². The van der Waals surface area contributed by atoms with Crippen LogP contribution in [0.2, 0.25) is 0 Å². The van der Waals surface area contributed by atoms with Gasteiger partial charge in [-0.3, -0.25) is 4.79 Å². The van der Waals surface area contributed by atoms with Gasteiger partial charge in [-0.1, -0.05) is 12.1 Å². The second-order valence-electron chi connectivity index (χ2n) is 4.77. The Morgan fingerprint density at radius 1 is 1.33 bits per heavy atom. The first kappa shape index (κ1) is 16.0. The van der Waals surface area contributed by atoms with E-state index in [1.54, 1.807) is 23.9 Å². The highest BCUT2D eigenvalue weighted by Gasteiger charge is 2.28. The molecular formula is C14H16F3NO2S. The monoisotopic (exact) mass is 319 g/mol. The van der Waals surface area contributed by atoms with Gasteiger partial charge < -0.3 is 10.1 Å². The van der Waals surface area contributed by atoms with Crippen LogP contribution < -0.4 is 10.1 Å². The molecule has 2 rings (SSSR count). The van der Waals surface area contributed by atoms with Crippen LogP contribution in [-0.4, -0.2) is 29.7 Å². The Labute approximate surface area is 125 Å². The van der Waals surface area contributed by atoms with E-state index >= 15 is 0 Å². The molecule has 0 saturated carbocycles. The number of rotatable bonds is 5. The summed E-state index contributed by atoms with van der Waals surface area (Å²) in [6, 6.07) is 6.23. The number of halogens is 3. The Morgan fingerprint density at radius 2 is 2.05 bits per heavy atom. The van der Waals surface area contributed by atoms with E-state index in [4.69, 9.17) is 0 Å². The van der Waals surface area contributed by atoms with Gasteiger partial charge in [0.15, 0.2) is 6.61 Å². The van der Waals surface area contributed by atoms with Crippen LogP contribution in [0.5, 0.6) is 5.75 Å². The molecule has 3 nitrogen and oxygen atoms in total. The molecule has 0 spiro atoms. The van der Waals surface area contributed by atoms with Crippen LogP contribution in [0.25, 0.3) is 0 Å². The molecule has 1 aromatic rings. The summed E-state index contributed by atoms with van der Waals surface area (Å²) >= 11 is 1.66. The molecule has 1 N–H and O–H groups in total.